The smallest absolute Gasteiger partial charge is 0.348 e. The molecule has 0 unspecified atom stereocenters. The Morgan fingerprint density at radius 3 is 2.53 bits per heavy atom. The molecule has 0 bridgehead atoms. The summed E-state index contributed by atoms with van der Waals surface area (Å²) < 4.78 is 17.6. The van der Waals surface area contributed by atoms with Crippen molar-refractivity contribution < 1.29 is 23.8 Å². The number of hydrogen-bond donors (Lipinski definition) is 0. The molecule has 4 rings (SSSR count). The monoisotopic (exact) mass is 506 g/mol. The Bertz CT molecular complexity index is 1430. The molecule has 0 radical (unpaired) electrons. The number of esters is 2. The first-order chi connectivity index (χ1) is 17.5. The standard InChI is InChI=1S/C27H26N2O6S/c1-3-12-34-26(31)20-9-7-8-19(15-20)16-29-17-28-24-22(25(29)30)18(2)23(36-24)27(32)35-14-13-33-21-10-5-4-6-11-21/h4-11,15,17H,3,12-14,16H2,1-2H3. The number of rotatable bonds is 10. The molecule has 0 fully saturated rings. The fraction of sp³-hybridized carbons (Fsp3) is 0.259. The van der Waals surface area contributed by atoms with Crippen LogP contribution in [0, 0.1) is 6.92 Å². The van der Waals surface area contributed by atoms with E-state index >= 15 is 0 Å². The Hall–Kier alpha value is -3.98. The molecule has 186 valence electrons. The molecule has 2 aromatic carbocycles. The minimum atomic E-state index is -0.517. The molecule has 0 amide bonds. The molecule has 8 nitrogen and oxygen atoms in total. The molecule has 9 heteroatoms. The fourth-order valence-corrected chi connectivity index (χ4v) is 4.65. The van der Waals surface area contributed by atoms with Gasteiger partial charge in [0.25, 0.3) is 5.56 Å². The van der Waals surface area contributed by atoms with E-state index in [2.05, 4.69) is 4.98 Å². The van der Waals surface area contributed by atoms with Crippen molar-refractivity contribution >= 4 is 33.5 Å². The van der Waals surface area contributed by atoms with Gasteiger partial charge in [-0.3, -0.25) is 9.36 Å². The minimum absolute atomic E-state index is 0.0795. The fourth-order valence-electron chi connectivity index (χ4n) is 3.61. The molecule has 0 saturated heterocycles. The van der Waals surface area contributed by atoms with Crippen LogP contribution < -0.4 is 10.3 Å². The van der Waals surface area contributed by atoms with Crippen molar-refractivity contribution in [3.05, 3.63) is 92.8 Å². The third kappa shape index (κ3) is 5.80. The number of benzene rings is 2. The van der Waals surface area contributed by atoms with E-state index in [1.165, 1.54) is 10.9 Å². The van der Waals surface area contributed by atoms with Crippen molar-refractivity contribution in [2.75, 3.05) is 19.8 Å². The van der Waals surface area contributed by atoms with Crippen LogP contribution in [0.15, 0.2) is 65.7 Å². The van der Waals surface area contributed by atoms with Gasteiger partial charge in [0.1, 0.15) is 28.7 Å². The van der Waals surface area contributed by atoms with Crippen LogP contribution >= 0.6 is 11.3 Å². The molecular weight excluding hydrogens is 480 g/mol. The summed E-state index contributed by atoms with van der Waals surface area (Å²) in [7, 11) is 0. The van der Waals surface area contributed by atoms with Crippen LogP contribution in [0.25, 0.3) is 10.2 Å². The number of aryl methyl sites for hydroxylation is 1. The molecular formula is C27H26N2O6S. The summed E-state index contributed by atoms with van der Waals surface area (Å²) in [5.74, 6) is -0.221. The lowest BCUT2D eigenvalue weighted by Crippen LogP contribution is -2.21. The number of hydrogen-bond acceptors (Lipinski definition) is 8. The maximum atomic E-state index is 13.2. The van der Waals surface area contributed by atoms with Crippen LogP contribution in [-0.2, 0) is 16.0 Å². The van der Waals surface area contributed by atoms with E-state index in [1.807, 2.05) is 43.3 Å². The van der Waals surface area contributed by atoms with Crippen molar-refractivity contribution in [3.8, 4) is 5.75 Å². The molecule has 0 aliphatic heterocycles. The summed E-state index contributed by atoms with van der Waals surface area (Å²) in [6.07, 6.45) is 2.19. The lowest BCUT2D eigenvalue weighted by Gasteiger charge is -2.08. The van der Waals surface area contributed by atoms with E-state index in [1.54, 1.807) is 25.1 Å². The maximum Gasteiger partial charge on any atom is 0.348 e. The van der Waals surface area contributed by atoms with Crippen molar-refractivity contribution in [3.63, 3.8) is 0 Å². The maximum absolute atomic E-state index is 13.2. The van der Waals surface area contributed by atoms with E-state index < -0.39 is 11.9 Å². The number of ether oxygens (including phenoxy) is 3. The Morgan fingerprint density at radius 2 is 1.75 bits per heavy atom. The van der Waals surface area contributed by atoms with Gasteiger partial charge in [-0.2, -0.15) is 0 Å². The number of carbonyl (C=O) groups excluding carboxylic acids is 2. The summed E-state index contributed by atoms with van der Waals surface area (Å²) in [5.41, 5.74) is 1.46. The van der Waals surface area contributed by atoms with Gasteiger partial charge in [-0.05, 0) is 48.7 Å². The molecule has 0 atom stereocenters. The zero-order chi connectivity index (χ0) is 25.5. The zero-order valence-electron chi connectivity index (χ0n) is 20.1. The highest BCUT2D eigenvalue weighted by Gasteiger charge is 2.21. The Labute approximate surface area is 212 Å². The van der Waals surface area contributed by atoms with Crippen LogP contribution in [0.2, 0.25) is 0 Å². The Kier molecular flexibility index (Phi) is 8.12. The number of thiophene rings is 1. The second-order valence-corrected chi connectivity index (χ2v) is 9.05. The van der Waals surface area contributed by atoms with Gasteiger partial charge >= 0.3 is 11.9 Å². The zero-order valence-corrected chi connectivity index (χ0v) is 20.9. The lowest BCUT2D eigenvalue weighted by atomic mass is 10.1. The minimum Gasteiger partial charge on any atom is -0.490 e. The predicted molar refractivity (Wildman–Crippen MR) is 137 cm³/mol. The largest absolute Gasteiger partial charge is 0.490 e. The van der Waals surface area contributed by atoms with Crippen LogP contribution in [0.5, 0.6) is 5.75 Å². The topological polar surface area (TPSA) is 96.7 Å². The second kappa shape index (κ2) is 11.6. The highest BCUT2D eigenvalue weighted by Crippen LogP contribution is 2.27. The predicted octanol–water partition coefficient (Wildman–Crippen LogP) is 4.62. The molecule has 0 aliphatic rings. The normalized spacial score (nSPS) is 10.8. The molecule has 0 N–H and O–H groups in total. The van der Waals surface area contributed by atoms with Gasteiger partial charge in [-0.15, -0.1) is 11.3 Å². The molecule has 2 heterocycles. The number of carbonyl (C=O) groups is 2. The van der Waals surface area contributed by atoms with Gasteiger partial charge in [0.05, 0.1) is 30.4 Å². The van der Waals surface area contributed by atoms with Crippen molar-refractivity contribution in [2.45, 2.75) is 26.8 Å². The van der Waals surface area contributed by atoms with Crippen LogP contribution in [0.1, 0.15) is 44.5 Å². The van der Waals surface area contributed by atoms with E-state index in [4.69, 9.17) is 14.2 Å². The molecule has 0 aliphatic carbocycles. The number of fused-ring (bicyclic) bond motifs is 1. The Balaban J connectivity index is 1.47. The van der Waals surface area contributed by atoms with Crippen LogP contribution in [0.4, 0.5) is 0 Å². The number of para-hydroxylation sites is 1. The van der Waals surface area contributed by atoms with Crippen molar-refractivity contribution in [1.29, 1.82) is 0 Å². The van der Waals surface area contributed by atoms with E-state index in [-0.39, 0.29) is 25.3 Å². The van der Waals surface area contributed by atoms with Crippen LogP contribution in [0.3, 0.4) is 0 Å². The molecule has 36 heavy (non-hydrogen) atoms. The average molecular weight is 507 g/mol. The molecule has 0 spiro atoms. The highest BCUT2D eigenvalue weighted by atomic mass is 32.1. The first-order valence-electron chi connectivity index (χ1n) is 11.6. The molecule has 4 aromatic rings. The summed E-state index contributed by atoms with van der Waals surface area (Å²) >= 11 is 1.13. The third-order valence-corrected chi connectivity index (χ3v) is 6.56. The summed E-state index contributed by atoms with van der Waals surface area (Å²) in [6.45, 7) is 4.52. The summed E-state index contributed by atoms with van der Waals surface area (Å²) in [6, 6.07) is 16.2. The van der Waals surface area contributed by atoms with Gasteiger partial charge < -0.3 is 14.2 Å². The lowest BCUT2D eigenvalue weighted by molar-refractivity contribution is 0.0454. The SMILES string of the molecule is CCCOC(=O)c1cccc(Cn2cnc3sc(C(=O)OCCOc4ccccc4)c(C)c3c2=O)c1. The average Bonchev–Trinajstić information content (AvgIpc) is 3.24. The Morgan fingerprint density at radius 1 is 0.972 bits per heavy atom. The van der Waals surface area contributed by atoms with E-state index in [9.17, 15) is 14.4 Å². The first-order valence-corrected chi connectivity index (χ1v) is 12.4. The van der Waals surface area contributed by atoms with Gasteiger partial charge in [-0.1, -0.05) is 37.3 Å². The number of aromatic nitrogens is 2. The number of nitrogens with zero attached hydrogens (tertiary/aromatic N) is 2. The van der Waals surface area contributed by atoms with Crippen LogP contribution in [-0.4, -0.2) is 41.3 Å². The summed E-state index contributed by atoms with van der Waals surface area (Å²) in [4.78, 5) is 43.3. The van der Waals surface area contributed by atoms with Gasteiger partial charge in [0.2, 0.25) is 0 Å². The third-order valence-electron chi connectivity index (χ3n) is 5.38. The van der Waals surface area contributed by atoms with Crippen molar-refractivity contribution in [2.24, 2.45) is 0 Å². The second-order valence-electron chi connectivity index (χ2n) is 8.05. The van der Waals surface area contributed by atoms with Gasteiger partial charge in [0, 0.05) is 0 Å². The van der Waals surface area contributed by atoms with Gasteiger partial charge in [0.15, 0.2) is 0 Å². The first kappa shape index (κ1) is 25.1. The van der Waals surface area contributed by atoms with Gasteiger partial charge in [-0.25, -0.2) is 14.6 Å². The highest BCUT2D eigenvalue weighted by molar-refractivity contribution is 7.20. The van der Waals surface area contributed by atoms with E-state index in [0.717, 1.165) is 23.3 Å². The molecule has 0 saturated carbocycles. The summed E-state index contributed by atoms with van der Waals surface area (Å²) in [5, 5.41) is 0.383. The quantitative estimate of drug-likeness (QED) is 0.229. The molecule has 2 aromatic heterocycles. The van der Waals surface area contributed by atoms with E-state index in [0.29, 0.717) is 38.6 Å². The van der Waals surface area contributed by atoms with Crippen molar-refractivity contribution in [1.82, 2.24) is 9.55 Å².